The third-order valence-electron chi connectivity index (χ3n) is 3.62. The number of rotatable bonds is 5. The van der Waals surface area contributed by atoms with Crippen LogP contribution >= 0.6 is 11.3 Å². The number of nitrogens with zero attached hydrogens (tertiary/aromatic N) is 2. The zero-order valence-electron chi connectivity index (χ0n) is 13.1. The predicted molar refractivity (Wildman–Crippen MR) is 95.5 cm³/mol. The van der Waals surface area contributed by atoms with Gasteiger partial charge in [-0.25, -0.2) is 4.98 Å². The van der Waals surface area contributed by atoms with Gasteiger partial charge in [0.25, 0.3) is 0 Å². The Morgan fingerprint density at radius 3 is 2.88 bits per heavy atom. The van der Waals surface area contributed by atoms with Crippen LogP contribution in [-0.4, -0.2) is 27.5 Å². The monoisotopic (exact) mass is 339 g/mol. The van der Waals surface area contributed by atoms with E-state index < -0.39 is 5.60 Å². The van der Waals surface area contributed by atoms with Gasteiger partial charge in [-0.2, -0.15) is 11.3 Å². The van der Waals surface area contributed by atoms with Crippen molar-refractivity contribution in [2.45, 2.75) is 12.5 Å². The highest BCUT2D eigenvalue weighted by molar-refractivity contribution is 7.08. The third kappa shape index (κ3) is 3.84. The first-order chi connectivity index (χ1) is 11.5. The molecule has 1 aromatic carbocycles. The number of nitrogens with one attached hydrogen (secondary N) is 1. The minimum atomic E-state index is -1.09. The Labute approximate surface area is 143 Å². The summed E-state index contributed by atoms with van der Waals surface area (Å²) in [7, 11) is 0. The van der Waals surface area contributed by atoms with Gasteiger partial charge in [-0.05, 0) is 47.5 Å². The maximum Gasteiger partial charge on any atom is 0.244 e. The second-order valence-corrected chi connectivity index (χ2v) is 6.40. The van der Waals surface area contributed by atoms with E-state index in [1.54, 1.807) is 19.2 Å². The maximum atomic E-state index is 11.9. The minimum absolute atomic E-state index is 0.135. The van der Waals surface area contributed by atoms with E-state index in [0.717, 1.165) is 16.6 Å². The van der Waals surface area contributed by atoms with Crippen LogP contribution in [0.2, 0.25) is 0 Å². The highest BCUT2D eigenvalue weighted by Crippen LogP contribution is 2.21. The van der Waals surface area contributed by atoms with Crippen LogP contribution in [0.4, 0.5) is 0 Å². The molecule has 122 valence electrons. The molecule has 0 saturated carbocycles. The molecule has 0 aliphatic heterocycles. The van der Waals surface area contributed by atoms with Crippen LogP contribution < -0.4 is 5.32 Å². The molecule has 2 heterocycles. The molecule has 0 bridgehead atoms. The summed E-state index contributed by atoms with van der Waals surface area (Å²) in [4.78, 5) is 20.7. The number of para-hydroxylation sites is 2. The molecule has 0 aliphatic carbocycles. The van der Waals surface area contributed by atoms with Crippen molar-refractivity contribution in [3.05, 3.63) is 64.6 Å². The molecule has 3 rings (SSSR count). The lowest BCUT2D eigenvalue weighted by molar-refractivity contribution is -0.117. The molecule has 0 radical (unpaired) electrons. The fourth-order valence-corrected chi connectivity index (χ4v) is 2.99. The molecule has 3 aromatic rings. The molecule has 5 nitrogen and oxygen atoms in total. The highest BCUT2D eigenvalue weighted by Gasteiger charge is 2.23. The molecule has 0 unspecified atom stereocenters. The summed E-state index contributed by atoms with van der Waals surface area (Å²) < 4.78 is 0. The van der Waals surface area contributed by atoms with Crippen molar-refractivity contribution in [3.8, 4) is 0 Å². The van der Waals surface area contributed by atoms with Crippen LogP contribution in [-0.2, 0) is 10.4 Å². The molecule has 6 heteroatoms. The number of hydrogen-bond donors (Lipinski definition) is 2. The van der Waals surface area contributed by atoms with Crippen LogP contribution in [0.25, 0.3) is 17.1 Å². The van der Waals surface area contributed by atoms with Crippen molar-refractivity contribution in [2.75, 3.05) is 6.54 Å². The molecule has 1 amide bonds. The number of aliphatic hydroxyl groups is 1. The minimum Gasteiger partial charge on any atom is -0.384 e. The van der Waals surface area contributed by atoms with Crippen LogP contribution in [0.1, 0.15) is 18.2 Å². The van der Waals surface area contributed by atoms with E-state index >= 15 is 0 Å². The number of hydrogen-bond acceptors (Lipinski definition) is 5. The van der Waals surface area contributed by atoms with Gasteiger partial charge in [0.1, 0.15) is 5.60 Å². The molecule has 2 N–H and O–H groups in total. The van der Waals surface area contributed by atoms with Crippen molar-refractivity contribution in [1.82, 2.24) is 15.3 Å². The van der Waals surface area contributed by atoms with Crippen molar-refractivity contribution >= 4 is 34.4 Å². The molecule has 0 aliphatic rings. The molecule has 1 atom stereocenters. The van der Waals surface area contributed by atoms with Gasteiger partial charge < -0.3 is 10.4 Å². The van der Waals surface area contributed by atoms with Crippen molar-refractivity contribution in [3.63, 3.8) is 0 Å². The summed E-state index contributed by atoms with van der Waals surface area (Å²) in [6.45, 7) is 1.81. The van der Waals surface area contributed by atoms with Crippen LogP contribution in [0.3, 0.4) is 0 Å². The Kier molecular flexibility index (Phi) is 4.69. The summed E-state index contributed by atoms with van der Waals surface area (Å²) in [6.07, 6.45) is 4.62. The molecule has 0 spiro atoms. The predicted octanol–water partition coefficient (Wildman–Crippen LogP) is 2.73. The number of aromatic nitrogens is 2. The van der Waals surface area contributed by atoms with Gasteiger partial charge in [0.15, 0.2) is 0 Å². The average Bonchev–Trinajstić information content (AvgIpc) is 3.13. The quantitative estimate of drug-likeness (QED) is 0.701. The fraction of sp³-hybridized carbons (Fsp3) is 0.167. The molecular weight excluding hydrogens is 322 g/mol. The van der Waals surface area contributed by atoms with Crippen molar-refractivity contribution in [2.24, 2.45) is 0 Å². The SMILES string of the molecule is C[C@](O)(CNC(=O)/C=C\c1cnc2ccccc2n1)c1ccsc1. The zero-order chi connectivity index (χ0) is 17.0. The lowest BCUT2D eigenvalue weighted by atomic mass is 9.99. The first-order valence-corrected chi connectivity index (χ1v) is 8.42. The zero-order valence-corrected chi connectivity index (χ0v) is 14.0. The van der Waals surface area contributed by atoms with E-state index in [1.807, 2.05) is 41.1 Å². The van der Waals surface area contributed by atoms with Crippen LogP contribution in [0.5, 0.6) is 0 Å². The van der Waals surface area contributed by atoms with Gasteiger partial charge in [-0.15, -0.1) is 0 Å². The van der Waals surface area contributed by atoms with Gasteiger partial charge in [-0.3, -0.25) is 9.78 Å². The first-order valence-electron chi connectivity index (χ1n) is 7.47. The summed E-state index contributed by atoms with van der Waals surface area (Å²) in [5.41, 5.74) is 1.89. The van der Waals surface area contributed by atoms with Crippen molar-refractivity contribution in [1.29, 1.82) is 0 Å². The maximum absolute atomic E-state index is 11.9. The van der Waals surface area contributed by atoms with Crippen molar-refractivity contribution < 1.29 is 9.90 Å². The van der Waals surface area contributed by atoms with E-state index in [0.29, 0.717) is 5.69 Å². The number of amides is 1. The van der Waals surface area contributed by atoms with E-state index in [2.05, 4.69) is 15.3 Å². The number of benzene rings is 1. The van der Waals surface area contributed by atoms with E-state index in [1.165, 1.54) is 17.4 Å². The fourth-order valence-electron chi connectivity index (χ4n) is 2.20. The van der Waals surface area contributed by atoms with Crippen LogP contribution in [0, 0.1) is 0 Å². The topological polar surface area (TPSA) is 75.1 Å². The number of carbonyl (C=O) groups is 1. The Bertz CT molecular complexity index is 873. The van der Waals surface area contributed by atoms with Gasteiger partial charge in [-0.1, -0.05) is 12.1 Å². The Morgan fingerprint density at radius 1 is 1.33 bits per heavy atom. The summed E-state index contributed by atoms with van der Waals surface area (Å²) in [5, 5.41) is 16.8. The largest absolute Gasteiger partial charge is 0.384 e. The average molecular weight is 339 g/mol. The van der Waals surface area contributed by atoms with E-state index in [4.69, 9.17) is 0 Å². The third-order valence-corrected chi connectivity index (χ3v) is 4.31. The van der Waals surface area contributed by atoms with Gasteiger partial charge >= 0.3 is 0 Å². The molecular formula is C18H17N3O2S. The lowest BCUT2D eigenvalue weighted by Crippen LogP contribution is -2.37. The first kappa shape index (κ1) is 16.3. The Hall–Kier alpha value is -2.57. The van der Waals surface area contributed by atoms with E-state index in [-0.39, 0.29) is 12.5 Å². The Balaban J connectivity index is 1.62. The standard InChI is InChI=1S/C18H17N3O2S/c1-18(23,13-8-9-24-11-13)12-20-17(22)7-6-14-10-19-15-4-2-3-5-16(15)21-14/h2-11,23H,12H2,1H3,(H,20,22)/b7-6-/t18-/m0/s1. The molecule has 0 saturated heterocycles. The smallest absolute Gasteiger partial charge is 0.244 e. The van der Waals surface area contributed by atoms with Gasteiger partial charge in [0.2, 0.25) is 5.91 Å². The summed E-state index contributed by atoms with van der Waals surface area (Å²) in [6, 6.07) is 9.40. The molecule has 24 heavy (non-hydrogen) atoms. The van der Waals surface area contributed by atoms with Gasteiger partial charge in [0.05, 0.1) is 29.5 Å². The second-order valence-electron chi connectivity index (χ2n) is 5.62. The van der Waals surface area contributed by atoms with Gasteiger partial charge in [0, 0.05) is 6.08 Å². The number of thiophene rings is 1. The molecule has 2 aromatic heterocycles. The second kappa shape index (κ2) is 6.90. The summed E-state index contributed by atoms with van der Waals surface area (Å²) in [5.74, 6) is -0.291. The van der Waals surface area contributed by atoms with E-state index in [9.17, 15) is 9.90 Å². The Morgan fingerprint density at radius 2 is 2.12 bits per heavy atom. The van der Waals surface area contributed by atoms with Crippen LogP contribution in [0.15, 0.2) is 53.4 Å². The molecule has 0 fully saturated rings. The number of fused-ring (bicyclic) bond motifs is 1. The highest BCUT2D eigenvalue weighted by atomic mass is 32.1. The summed E-state index contributed by atoms with van der Waals surface area (Å²) >= 11 is 1.51. The number of carbonyl (C=O) groups excluding carboxylic acids is 1. The normalized spacial score (nSPS) is 13.9. The lowest BCUT2D eigenvalue weighted by Gasteiger charge is -2.22.